The van der Waals surface area contributed by atoms with E-state index in [0.29, 0.717) is 17.9 Å². The molecule has 1 aliphatic rings. The topological polar surface area (TPSA) is 30.5 Å². The Bertz CT molecular complexity index is 381. The number of ether oxygens (including phenoxy) is 2. The summed E-state index contributed by atoms with van der Waals surface area (Å²) in [6.45, 7) is 3.87. The highest BCUT2D eigenvalue weighted by Crippen LogP contribution is 2.37. The number of rotatable bonds is 6. The van der Waals surface area contributed by atoms with Gasteiger partial charge < -0.3 is 14.8 Å². The van der Waals surface area contributed by atoms with Crippen LogP contribution in [0, 0.1) is 5.92 Å². The van der Waals surface area contributed by atoms with Crippen molar-refractivity contribution in [2.45, 2.75) is 25.3 Å². The standard InChI is InChI=1S/C15H23NO2/c1-11(8-9-17-3)15(16-2)13-10-18-14-7-5-4-6-12(13)14/h4-7,11,13,15-16H,8-10H2,1-3H3. The largest absolute Gasteiger partial charge is 0.493 e. The summed E-state index contributed by atoms with van der Waals surface area (Å²) in [5.41, 5.74) is 1.33. The number of nitrogens with one attached hydrogen (secondary N) is 1. The van der Waals surface area contributed by atoms with Crippen LogP contribution < -0.4 is 10.1 Å². The van der Waals surface area contributed by atoms with Crippen molar-refractivity contribution in [2.24, 2.45) is 5.92 Å². The van der Waals surface area contributed by atoms with E-state index in [2.05, 4.69) is 30.4 Å². The predicted molar refractivity (Wildman–Crippen MR) is 73.2 cm³/mol. The van der Waals surface area contributed by atoms with E-state index in [0.717, 1.165) is 25.4 Å². The molecule has 18 heavy (non-hydrogen) atoms. The van der Waals surface area contributed by atoms with Gasteiger partial charge in [-0.1, -0.05) is 25.1 Å². The van der Waals surface area contributed by atoms with Gasteiger partial charge in [0.05, 0.1) is 6.61 Å². The summed E-state index contributed by atoms with van der Waals surface area (Å²) in [4.78, 5) is 0. The van der Waals surface area contributed by atoms with Crippen LogP contribution in [0.2, 0.25) is 0 Å². The van der Waals surface area contributed by atoms with Gasteiger partial charge in [-0.25, -0.2) is 0 Å². The number of fused-ring (bicyclic) bond motifs is 1. The molecule has 0 radical (unpaired) electrons. The molecule has 3 heteroatoms. The zero-order valence-corrected chi connectivity index (χ0v) is 11.5. The first-order chi connectivity index (χ1) is 8.77. The molecule has 0 saturated heterocycles. The SMILES string of the molecule is CNC(C(C)CCOC)C1COc2ccccc21. The third-order valence-corrected chi connectivity index (χ3v) is 3.89. The number of likely N-dealkylation sites (N-methyl/N-ethyl adjacent to an activating group) is 1. The number of hydrogen-bond donors (Lipinski definition) is 1. The van der Waals surface area contributed by atoms with E-state index in [4.69, 9.17) is 9.47 Å². The molecule has 1 N–H and O–H groups in total. The van der Waals surface area contributed by atoms with E-state index >= 15 is 0 Å². The molecule has 3 nitrogen and oxygen atoms in total. The van der Waals surface area contributed by atoms with Gasteiger partial charge in [0.2, 0.25) is 0 Å². The van der Waals surface area contributed by atoms with Crippen molar-refractivity contribution in [3.05, 3.63) is 29.8 Å². The molecule has 0 spiro atoms. The summed E-state index contributed by atoms with van der Waals surface area (Å²) in [6, 6.07) is 8.79. The Morgan fingerprint density at radius 3 is 2.94 bits per heavy atom. The molecule has 100 valence electrons. The van der Waals surface area contributed by atoms with E-state index in [1.54, 1.807) is 7.11 Å². The second kappa shape index (κ2) is 6.21. The summed E-state index contributed by atoms with van der Waals surface area (Å²) < 4.78 is 11.0. The molecule has 3 unspecified atom stereocenters. The minimum Gasteiger partial charge on any atom is -0.493 e. The Labute approximate surface area is 109 Å². The highest BCUT2D eigenvalue weighted by Gasteiger charge is 2.33. The monoisotopic (exact) mass is 249 g/mol. The maximum absolute atomic E-state index is 5.78. The van der Waals surface area contributed by atoms with Gasteiger partial charge in [-0.2, -0.15) is 0 Å². The van der Waals surface area contributed by atoms with Crippen LogP contribution in [-0.4, -0.2) is 33.4 Å². The van der Waals surface area contributed by atoms with Gasteiger partial charge in [0.1, 0.15) is 5.75 Å². The van der Waals surface area contributed by atoms with Crippen LogP contribution >= 0.6 is 0 Å². The molecule has 1 heterocycles. The molecule has 0 aromatic heterocycles. The van der Waals surface area contributed by atoms with Crippen LogP contribution in [0.15, 0.2) is 24.3 Å². The van der Waals surface area contributed by atoms with Gasteiger partial charge in [-0.05, 0) is 25.5 Å². The van der Waals surface area contributed by atoms with Gasteiger partial charge in [0.15, 0.2) is 0 Å². The second-order valence-electron chi connectivity index (χ2n) is 5.03. The van der Waals surface area contributed by atoms with E-state index in [-0.39, 0.29) is 0 Å². The van der Waals surface area contributed by atoms with Gasteiger partial charge in [0, 0.05) is 31.2 Å². The molecule has 0 aliphatic carbocycles. The summed E-state index contributed by atoms with van der Waals surface area (Å²) >= 11 is 0. The fraction of sp³-hybridized carbons (Fsp3) is 0.600. The number of hydrogen-bond acceptors (Lipinski definition) is 3. The average Bonchev–Trinajstić information content (AvgIpc) is 2.81. The van der Waals surface area contributed by atoms with Crippen LogP contribution in [0.4, 0.5) is 0 Å². The van der Waals surface area contributed by atoms with Crippen molar-refractivity contribution >= 4 is 0 Å². The minimum absolute atomic E-state index is 0.434. The van der Waals surface area contributed by atoms with Gasteiger partial charge in [-0.3, -0.25) is 0 Å². The molecular weight excluding hydrogens is 226 g/mol. The number of para-hydroxylation sites is 1. The van der Waals surface area contributed by atoms with Crippen molar-refractivity contribution < 1.29 is 9.47 Å². The lowest BCUT2D eigenvalue weighted by Crippen LogP contribution is -2.39. The van der Waals surface area contributed by atoms with Gasteiger partial charge >= 0.3 is 0 Å². The lowest BCUT2D eigenvalue weighted by Gasteiger charge is -2.28. The predicted octanol–water partition coefficient (Wildman–Crippen LogP) is 2.42. The number of methoxy groups -OCH3 is 1. The molecule has 0 saturated carbocycles. The van der Waals surface area contributed by atoms with E-state index < -0.39 is 0 Å². The Kier molecular flexibility index (Phi) is 4.61. The van der Waals surface area contributed by atoms with Crippen LogP contribution in [0.3, 0.4) is 0 Å². The molecule has 0 amide bonds. The maximum Gasteiger partial charge on any atom is 0.122 e. The fourth-order valence-electron chi connectivity index (χ4n) is 2.85. The molecule has 0 bridgehead atoms. The van der Waals surface area contributed by atoms with Crippen molar-refractivity contribution in [3.63, 3.8) is 0 Å². The fourth-order valence-corrected chi connectivity index (χ4v) is 2.85. The lowest BCUT2D eigenvalue weighted by atomic mass is 9.84. The normalized spacial score (nSPS) is 21.2. The Hall–Kier alpha value is -1.06. The molecular formula is C15H23NO2. The van der Waals surface area contributed by atoms with E-state index in [9.17, 15) is 0 Å². The third-order valence-electron chi connectivity index (χ3n) is 3.89. The Morgan fingerprint density at radius 1 is 1.44 bits per heavy atom. The minimum atomic E-state index is 0.434. The van der Waals surface area contributed by atoms with Crippen LogP contribution in [0.25, 0.3) is 0 Å². The molecule has 3 atom stereocenters. The maximum atomic E-state index is 5.78. The first-order valence-corrected chi connectivity index (χ1v) is 6.65. The third kappa shape index (κ3) is 2.68. The quantitative estimate of drug-likeness (QED) is 0.840. The van der Waals surface area contributed by atoms with Crippen molar-refractivity contribution in [3.8, 4) is 5.75 Å². The second-order valence-corrected chi connectivity index (χ2v) is 5.03. The molecule has 0 fully saturated rings. The molecule has 2 rings (SSSR count). The Morgan fingerprint density at radius 2 is 2.22 bits per heavy atom. The summed E-state index contributed by atoms with van der Waals surface area (Å²) in [5.74, 6) is 2.05. The van der Waals surface area contributed by atoms with Crippen molar-refractivity contribution in [2.75, 3.05) is 27.4 Å². The van der Waals surface area contributed by atoms with E-state index in [1.807, 2.05) is 13.1 Å². The zero-order valence-electron chi connectivity index (χ0n) is 11.5. The first-order valence-electron chi connectivity index (χ1n) is 6.65. The Balaban J connectivity index is 2.10. The summed E-state index contributed by atoms with van der Waals surface area (Å²) in [5, 5.41) is 3.46. The summed E-state index contributed by atoms with van der Waals surface area (Å²) in [6.07, 6.45) is 1.07. The highest BCUT2D eigenvalue weighted by atomic mass is 16.5. The number of benzene rings is 1. The molecule has 1 aromatic carbocycles. The van der Waals surface area contributed by atoms with Crippen LogP contribution in [-0.2, 0) is 4.74 Å². The van der Waals surface area contributed by atoms with Gasteiger partial charge in [0.25, 0.3) is 0 Å². The van der Waals surface area contributed by atoms with Crippen LogP contribution in [0.1, 0.15) is 24.8 Å². The lowest BCUT2D eigenvalue weighted by molar-refractivity contribution is 0.163. The van der Waals surface area contributed by atoms with Crippen LogP contribution in [0.5, 0.6) is 5.75 Å². The molecule has 1 aliphatic heterocycles. The first kappa shape index (κ1) is 13.4. The van der Waals surface area contributed by atoms with Crippen molar-refractivity contribution in [1.82, 2.24) is 5.32 Å². The highest BCUT2D eigenvalue weighted by molar-refractivity contribution is 5.40. The zero-order chi connectivity index (χ0) is 13.0. The van der Waals surface area contributed by atoms with E-state index in [1.165, 1.54) is 5.56 Å². The summed E-state index contributed by atoms with van der Waals surface area (Å²) in [7, 11) is 3.80. The average molecular weight is 249 g/mol. The van der Waals surface area contributed by atoms with Crippen molar-refractivity contribution in [1.29, 1.82) is 0 Å². The smallest absolute Gasteiger partial charge is 0.122 e. The molecule has 1 aromatic rings. The van der Waals surface area contributed by atoms with Gasteiger partial charge in [-0.15, -0.1) is 0 Å².